The van der Waals surface area contributed by atoms with Gasteiger partial charge >= 0.3 is 0 Å². The highest BCUT2D eigenvalue weighted by Crippen LogP contribution is 2.21. The summed E-state index contributed by atoms with van der Waals surface area (Å²) in [5.74, 6) is -0.433. The van der Waals surface area contributed by atoms with Crippen molar-refractivity contribution in [2.75, 3.05) is 20.2 Å². The first-order valence-corrected chi connectivity index (χ1v) is 13.7. The Bertz CT molecular complexity index is 763. The number of piperidine rings is 1. The summed E-state index contributed by atoms with van der Waals surface area (Å²) in [4.78, 5) is 43.6. The minimum Gasteiger partial charge on any atom is -0.394 e. The first-order valence-electron chi connectivity index (χ1n) is 13.7. The molecular formula is C28H52N4O4. The van der Waals surface area contributed by atoms with Crippen molar-refractivity contribution < 1.29 is 19.5 Å². The molecule has 1 fully saturated rings. The molecule has 1 rings (SSSR count). The molecule has 1 aliphatic heterocycles. The van der Waals surface area contributed by atoms with E-state index in [0.29, 0.717) is 5.57 Å². The van der Waals surface area contributed by atoms with Crippen molar-refractivity contribution in [1.82, 2.24) is 20.4 Å². The van der Waals surface area contributed by atoms with Crippen molar-refractivity contribution in [2.24, 2.45) is 17.8 Å². The molecule has 0 bridgehead atoms. The maximum Gasteiger partial charge on any atom is 0.246 e. The van der Waals surface area contributed by atoms with Crippen LogP contribution in [0.15, 0.2) is 11.6 Å². The van der Waals surface area contributed by atoms with Gasteiger partial charge in [-0.15, -0.1) is 0 Å². The molecule has 3 N–H and O–H groups in total. The predicted molar refractivity (Wildman–Crippen MR) is 145 cm³/mol. The number of carbonyl (C=O) groups excluding carboxylic acids is 3. The SMILES string of the molecule is C/C(=C\[C@H](C(C)C)N(C)C(=O)[C@@H](NC(=O)[C@H]1CCCCN1C(C)C)C(C)C)C(=O)NC(CO)C(C)C. The lowest BCUT2D eigenvalue weighted by molar-refractivity contribution is -0.140. The minimum atomic E-state index is -0.651. The van der Waals surface area contributed by atoms with Gasteiger partial charge < -0.3 is 20.6 Å². The number of hydrogen-bond donors (Lipinski definition) is 3. The van der Waals surface area contributed by atoms with Crippen molar-refractivity contribution in [3.05, 3.63) is 11.6 Å². The topological polar surface area (TPSA) is 102 Å². The summed E-state index contributed by atoms with van der Waals surface area (Å²) < 4.78 is 0. The van der Waals surface area contributed by atoms with Crippen LogP contribution in [0.25, 0.3) is 0 Å². The molecule has 8 heteroatoms. The number of rotatable bonds is 12. The van der Waals surface area contributed by atoms with Gasteiger partial charge in [0.25, 0.3) is 0 Å². The van der Waals surface area contributed by atoms with E-state index in [4.69, 9.17) is 0 Å². The average molecular weight is 509 g/mol. The number of aliphatic hydroxyl groups is 1. The molecule has 1 aliphatic rings. The molecule has 4 atom stereocenters. The van der Waals surface area contributed by atoms with Crippen LogP contribution < -0.4 is 10.6 Å². The molecule has 0 saturated carbocycles. The number of nitrogens with zero attached hydrogens (tertiary/aromatic N) is 2. The van der Waals surface area contributed by atoms with Gasteiger partial charge in [-0.25, -0.2) is 0 Å². The van der Waals surface area contributed by atoms with Crippen LogP contribution in [0, 0.1) is 17.8 Å². The second-order valence-electron chi connectivity index (χ2n) is 11.6. The van der Waals surface area contributed by atoms with Crippen molar-refractivity contribution in [3.63, 3.8) is 0 Å². The van der Waals surface area contributed by atoms with Crippen LogP contribution in [-0.2, 0) is 14.4 Å². The van der Waals surface area contributed by atoms with E-state index in [0.717, 1.165) is 25.8 Å². The Morgan fingerprint density at radius 2 is 1.58 bits per heavy atom. The van der Waals surface area contributed by atoms with Crippen LogP contribution in [-0.4, -0.2) is 83.0 Å². The van der Waals surface area contributed by atoms with E-state index in [9.17, 15) is 19.5 Å². The third-order valence-electron chi connectivity index (χ3n) is 7.32. The molecule has 0 spiro atoms. The zero-order chi connectivity index (χ0) is 27.7. The lowest BCUT2D eigenvalue weighted by Crippen LogP contribution is -2.58. The lowest BCUT2D eigenvalue weighted by Gasteiger charge is -2.39. The highest BCUT2D eigenvalue weighted by molar-refractivity contribution is 5.93. The van der Waals surface area contributed by atoms with Gasteiger partial charge in [0.15, 0.2) is 0 Å². The molecule has 3 amide bonds. The second-order valence-corrected chi connectivity index (χ2v) is 11.6. The first-order chi connectivity index (χ1) is 16.7. The second kappa shape index (κ2) is 14.7. The van der Waals surface area contributed by atoms with Gasteiger partial charge in [-0.05, 0) is 57.9 Å². The molecule has 1 saturated heterocycles. The van der Waals surface area contributed by atoms with Gasteiger partial charge in [0.2, 0.25) is 17.7 Å². The van der Waals surface area contributed by atoms with Gasteiger partial charge in [-0.2, -0.15) is 0 Å². The number of hydrogen-bond acceptors (Lipinski definition) is 5. The molecule has 36 heavy (non-hydrogen) atoms. The smallest absolute Gasteiger partial charge is 0.246 e. The average Bonchev–Trinajstić information content (AvgIpc) is 2.82. The standard InChI is InChI=1S/C28H52N4O4/c1-17(2)22(16-33)29-26(34)21(9)15-24(18(3)4)31(10)28(36)25(19(5)6)30-27(35)23-13-11-12-14-32(23)20(7)8/h15,17-20,22-25,33H,11-14,16H2,1-10H3,(H,29,34)(H,30,35)/b21-15+/t22?,23-,24-,25+/m1/s1. The van der Waals surface area contributed by atoms with Crippen LogP contribution in [0.5, 0.6) is 0 Å². The van der Waals surface area contributed by atoms with E-state index in [1.54, 1.807) is 18.9 Å². The van der Waals surface area contributed by atoms with Gasteiger partial charge in [-0.3, -0.25) is 19.3 Å². The Balaban J connectivity index is 3.07. The first kappa shape index (κ1) is 32.1. The molecule has 208 valence electrons. The van der Waals surface area contributed by atoms with E-state index < -0.39 is 6.04 Å². The van der Waals surface area contributed by atoms with Gasteiger partial charge in [0.05, 0.1) is 24.7 Å². The molecular weight excluding hydrogens is 456 g/mol. The van der Waals surface area contributed by atoms with Crippen LogP contribution in [0.4, 0.5) is 0 Å². The molecule has 0 aromatic rings. The van der Waals surface area contributed by atoms with Crippen LogP contribution in [0.2, 0.25) is 0 Å². The summed E-state index contributed by atoms with van der Waals surface area (Å²) in [5, 5.41) is 15.5. The Hall–Kier alpha value is -1.93. The maximum atomic E-state index is 13.7. The molecule has 8 nitrogen and oxygen atoms in total. The van der Waals surface area contributed by atoms with Crippen molar-refractivity contribution in [2.45, 2.75) is 112 Å². The maximum absolute atomic E-state index is 13.7. The number of aliphatic hydroxyl groups excluding tert-OH is 1. The molecule has 0 aromatic carbocycles. The van der Waals surface area contributed by atoms with E-state index in [-0.39, 0.29) is 66.2 Å². The number of nitrogens with one attached hydrogen (secondary N) is 2. The Kier molecular flexibility index (Phi) is 13.1. The van der Waals surface area contributed by atoms with E-state index >= 15 is 0 Å². The monoisotopic (exact) mass is 508 g/mol. The quantitative estimate of drug-likeness (QED) is 0.352. The van der Waals surface area contributed by atoms with Crippen molar-refractivity contribution in [3.8, 4) is 0 Å². The van der Waals surface area contributed by atoms with Crippen molar-refractivity contribution in [1.29, 1.82) is 0 Å². The number of carbonyl (C=O) groups is 3. The van der Waals surface area contributed by atoms with Crippen LogP contribution in [0.3, 0.4) is 0 Å². The molecule has 0 aliphatic carbocycles. The summed E-state index contributed by atoms with van der Waals surface area (Å²) in [6.45, 7) is 18.5. The van der Waals surface area contributed by atoms with E-state index in [1.165, 1.54) is 0 Å². The summed E-state index contributed by atoms with van der Waals surface area (Å²) in [6, 6.07) is -1.26. The fourth-order valence-electron chi connectivity index (χ4n) is 4.77. The summed E-state index contributed by atoms with van der Waals surface area (Å²) in [6.07, 6.45) is 4.71. The van der Waals surface area contributed by atoms with Gasteiger partial charge in [-0.1, -0.05) is 54.0 Å². The number of amides is 3. The number of likely N-dealkylation sites (tertiary alicyclic amines) is 1. The Morgan fingerprint density at radius 1 is 0.972 bits per heavy atom. The third kappa shape index (κ3) is 8.87. The molecule has 1 unspecified atom stereocenters. The van der Waals surface area contributed by atoms with Crippen LogP contribution in [0.1, 0.15) is 81.6 Å². The fourth-order valence-corrected chi connectivity index (χ4v) is 4.77. The summed E-state index contributed by atoms with van der Waals surface area (Å²) >= 11 is 0. The lowest BCUT2D eigenvalue weighted by atomic mass is 9.95. The third-order valence-corrected chi connectivity index (χ3v) is 7.32. The summed E-state index contributed by atoms with van der Waals surface area (Å²) in [5.41, 5.74) is 0.493. The van der Waals surface area contributed by atoms with Gasteiger partial charge in [0.1, 0.15) is 6.04 Å². The van der Waals surface area contributed by atoms with E-state index in [2.05, 4.69) is 29.4 Å². The van der Waals surface area contributed by atoms with Gasteiger partial charge in [0, 0.05) is 18.7 Å². The minimum absolute atomic E-state index is 0.0544. The largest absolute Gasteiger partial charge is 0.394 e. The van der Waals surface area contributed by atoms with E-state index in [1.807, 2.05) is 47.6 Å². The zero-order valence-electron chi connectivity index (χ0n) is 24.3. The normalized spacial score (nSPS) is 20.0. The highest BCUT2D eigenvalue weighted by Gasteiger charge is 2.36. The molecule has 0 aromatic heterocycles. The van der Waals surface area contributed by atoms with Crippen molar-refractivity contribution >= 4 is 17.7 Å². The fraction of sp³-hybridized carbons (Fsp3) is 0.821. The molecule has 0 radical (unpaired) electrons. The molecule has 1 heterocycles. The highest BCUT2D eigenvalue weighted by atomic mass is 16.3. The van der Waals surface area contributed by atoms with Crippen LogP contribution >= 0.6 is 0 Å². The Morgan fingerprint density at radius 3 is 2.06 bits per heavy atom. The summed E-state index contributed by atoms with van der Waals surface area (Å²) in [7, 11) is 1.74. The zero-order valence-corrected chi connectivity index (χ0v) is 24.3. The predicted octanol–water partition coefficient (Wildman–Crippen LogP) is 2.95. The Labute approximate surface area is 219 Å². The number of likely N-dealkylation sites (N-methyl/N-ethyl adjacent to an activating group) is 1.